The number of amides is 1. The number of likely N-dealkylation sites (N-methyl/N-ethyl adjacent to an activating group) is 1. The number of aromatic nitrogens is 1. The molecule has 0 aliphatic rings. The van der Waals surface area contributed by atoms with Crippen molar-refractivity contribution in [2.75, 3.05) is 19.5 Å². The monoisotopic (exact) mass is 226 g/mol. The van der Waals surface area contributed by atoms with Gasteiger partial charge >= 0.3 is 0 Å². The highest BCUT2D eigenvalue weighted by Crippen LogP contribution is 2.00. The Labute approximate surface area is 95.1 Å². The Morgan fingerprint density at radius 1 is 1.47 bits per heavy atom. The summed E-state index contributed by atoms with van der Waals surface area (Å²) in [4.78, 5) is 17.0. The molecule has 0 unspecified atom stereocenters. The minimum atomic E-state index is 0.0963. The van der Waals surface area contributed by atoms with E-state index in [1.807, 2.05) is 12.1 Å². The summed E-state index contributed by atoms with van der Waals surface area (Å²) in [5.41, 5.74) is 1.19. The van der Waals surface area contributed by atoms with E-state index in [0.29, 0.717) is 12.3 Å². The van der Waals surface area contributed by atoms with Crippen LogP contribution in [0, 0.1) is 0 Å². The van der Waals surface area contributed by atoms with Crippen LogP contribution in [0.4, 0.5) is 0 Å². The van der Waals surface area contributed by atoms with Gasteiger partial charge in [0.15, 0.2) is 0 Å². The van der Waals surface area contributed by atoms with Crippen LogP contribution in [0.5, 0.6) is 0 Å². The summed E-state index contributed by atoms with van der Waals surface area (Å²) >= 11 is 5.50. The van der Waals surface area contributed by atoms with Crippen LogP contribution in [-0.2, 0) is 11.2 Å². The zero-order chi connectivity index (χ0) is 11.1. The second-order valence-electron chi connectivity index (χ2n) is 3.36. The smallest absolute Gasteiger partial charge is 0.223 e. The number of halogens is 1. The van der Waals surface area contributed by atoms with Gasteiger partial charge < -0.3 is 4.90 Å². The van der Waals surface area contributed by atoms with E-state index in [0.717, 1.165) is 13.0 Å². The van der Waals surface area contributed by atoms with Crippen molar-refractivity contribution in [3.05, 3.63) is 30.1 Å². The van der Waals surface area contributed by atoms with Gasteiger partial charge in [-0.15, -0.1) is 11.6 Å². The number of rotatable bonds is 5. The van der Waals surface area contributed by atoms with Gasteiger partial charge in [-0.25, -0.2) is 0 Å². The van der Waals surface area contributed by atoms with Crippen molar-refractivity contribution in [1.82, 2.24) is 9.88 Å². The molecular weight excluding hydrogens is 212 g/mol. The molecule has 0 atom stereocenters. The SMILES string of the molecule is CN(CCc1ccncc1)C(=O)CCCl. The summed E-state index contributed by atoms with van der Waals surface area (Å²) in [6, 6.07) is 3.92. The van der Waals surface area contributed by atoms with Crippen LogP contribution in [0.25, 0.3) is 0 Å². The van der Waals surface area contributed by atoms with Gasteiger partial charge in [0.25, 0.3) is 0 Å². The Bertz CT molecular complexity index is 303. The molecule has 0 bridgehead atoms. The number of hydrogen-bond acceptors (Lipinski definition) is 2. The summed E-state index contributed by atoms with van der Waals surface area (Å²) in [5, 5.41) is 0. The fourth-order valence-corrected chi connectivity index (χ4v) is 1.40. The third kappa shape index (κ3) is 4.30. The van der Waals surface area contributed by atoms with E-state index in [1.165, 1.54) is 5.56 Å². The van der Waals surface area contributed by atoms with Crippen molar-refractivity contribution < 1.29 is 4.79 Å². The minimum absolute atomic E-state index is 0.0963. The van der Waals surface area contributed by atoms with E-state index in [9.17, 15) is 4.79 Å². The lowest BCUT2D eigenvalue weighted by molar-refractivity contribution is -0.129. The zero-order valence-corrected chi connectivity index (χ0v) is 9.57. The fourth-order valence-electron chi connectivity index (χ4n) is 1.24. The molecule has 0 aliphatic carbocycles. The highest BCUT2D eigenvalue weighted by Gasteiger charge is 2.06. The molecule has 4 heteroatoms. The van der Waals surface area contributed by atoms with Crippen molar-refractivity contribution >= 4 is 17.5 Å². The number of hydrogen-bond donors (Lipinski definition) is 0. The van der Waals surface area contributed by atoms with E-state index in [-0.39, 0.29) is 5.91 Å². The Kier molecular flexibility index (Phi) is 5.12. The summed E-state index contributed by atoms with van der Waals surface area (Å²) in [6.45, 7) is 0.722. The number of alkyl halides is 1. The predicted octanol–water partition coefficient (Wildman–Crippen LogP) is 1.71. The molecule has 1 amide bonds. The van der Waals surface area contributed by atoms with Gasteiger partial charge in [0.05, 0.1) is 0 Å². The van der Waals surface area contributed by atoms with Crippen LogP contribution < -0.4 is 0 Å². The summed E-state index contributed by atoms with van der Waals surface area (Å²) < 4.78 is 0. The average molecular weight is 227 g/mol. The van der Waals surface area contributed by atoms with E-state index in [4.69, 9.17) is 11.6 Å². The van der Waals surface area contributed by atoms with E-state index in [1.54, 1.807) is 24.3 Å². The molecule has 0 saturated heterocycles. The maximum absolute atomic E-state index is 11.4. The van der Waals surface area contributed by atoms with E-state index in [2.05, 4.69) is 4.98 Å². The molecule has 0 saturated carbocycles. The first kappa shape index (κ1) is 12.0. The van der Waals surface area contributed by atoms with Crippen LogP contribution >= 0.6 is 11.6 Å². The van der Waals surface area contributed by atoms with Crippen molar-refractivity contribution in [1.29, 1.82) is 0 Å². The van der Waals surface area contributed by atoms with Crippen LogP contribution in [0.3, 0.4) is 0 Å². The quantitative estimate of drug-likeness (QED) is 0.717. The first-order valence-corrected chi connectivity index (χ1v) is 5.46. The largest absolute Gasteiger partial charge is 0.345 e. The lowest BCUT2D eigenvalue weighted by Gasteiger charge is -2.16. The Morgan fingerprint density at radius 2 is 2.13 bits per heavy atom. The van der Waals surface area contributed by atoms with Gasteiger partial charge in [0, 0.05) is 38.3 Å². The topological polar surface area (TPSA) is 33.2 Å². The van der Waals surface area contributed by atoms with Gasteiger partial charge in [-0.2, -0.15) is 0 Å². The van der Waals surface area contributed by atoms with Crippen LogP contribution in [0.15, 0.2) is 24.5 Å². The molecular formula is C11H15ClN2O. The number of pyridine rings is 1. The molecule has 0 radical (unpaired) electrons. The molecule has 1 aromatic rings. The molecule has 1 heterocycles. The Hall–Kier alpha value is -1.09. The summed E-state index contributed by atoms with van der Waals surface area (Å²) in [6.07, 6.45) is 4.79. The first-order valence-electron chi connectivity index (χ1n) is 4.93. The normalized spacial score (nSPS) is 10.0. The lowest BCUT2D eigenvalue weighted by atomic mass is 10.2. The van der Waals surface area contributed by atoms with Gasteiger partial charge in [0.2, 0.25) is 5.91 Å². The average Bonchev–Trinajstić information content (AvgIpc) is 2.27. The van der Waals surface area contributed by atoms with Crippen molar-refractivity contribution in [2.45, 2.75) is 12.8 Å². The van der Waals surface area contributed by atoms with Crippen LogP contribution in [-0.4, -0.2) is 35.3 Å². The highest BCUT2D eigenvalue weighted by molar-refractivity contribution is 6.18. The van der Waals surface area contributed by atoms with Crippen LogP contribution in [0.2, 0.25) is 0 Å². The third-order valence-corrected chi connectivity index (χ3v) is 2.41. The zero-order valence-electron chi connectivity index (χ0n) is 8.82. The number of nitrogens with zero attached hydrogens (tertiary/aromatic N) is 2. The Morgan fingerprint density at radius 3 is 2.73 bits per heavy atom. The van der Waals surface area contributed by atoms with Crippen LogP contribution in [0.1, 0.15) is 12.0 Å². The summed E-state index contributed by atoms with van der Waals surface area (Å²) in [7, 11) is 1.80. The van der Waals surface area contributed by atoms with Gasteiger partial charge in [-0.1, -0.05) is 0 Å². The molecule has 0 aliphatic heterocycles. The van der Waals surface area contributed by atoms with Crippen molar-refractivity contribution in [3.8, 4) is 0 Å². The molecule has 82 valence electrons. The van der Waals surface area contributed by atoms with Crippen molar-refractivity contribution in [2.24, 2.45) is 0 Å². The first-order chi connectivity index (χ1) is 7.24. The molecule has 15 heavy (non-hydrogen) atoms. The molecule has 0 spiro atoms. The van der Waals surface area contributed by atoms with E-state index >= 15 is 0 Å². The summed E-state index contributed by atoms with van der Waals surface area (Å²) in [5.74, 6) is 0.484. The highest BCUT2D eigenvalue weighted by atomic mass is 35.5. The second-order valence-corrected chi connectivity index (χ2v) is 3.74. The molecule has 0 aromatic carbocycles. The fraction of sp³-hybridized carbons (Fsp3) is 0.455. The molecule has 3 nitrogen and oxygen atoms in total. The molecule has 0 fully saturated rings. The van der Waals surface area contributed by atoms with Gasteiger partial charge in [0.1, 0.15) is 0 Å². The van der Waals surface area contributed by atoms with Gasteiger partial charge in [-0.05, 0) is 24.1 Å². The lowest BCUT2D eigenvalue weighted by Crippen LogP contribution is -2.28. The molecule has 0 N–H and O–H groups in total. The number of carbonyl (C=O) groups is 1. The van der Waals surface area contributed by atoms with Crippen molar-refractivity contribution in [3.63, 3.8) is 0 Å². The molecule has 1 rings (SSSR count). The predicted molar refractivity (Wildman–Crippen MR) is 60.9 cm³/mol. The van der Waals surface area contributed by atoms with E-state index < -0.39 is 0 Å². The number of carbonyl (C=O) groups excluding carboxylic acids is 1. The minimum Gasteiger partial charge on any atom is -0.345 e. The maximum Gasteiger partial charge on any atom is 0.223 e. The Balaban J connectivity index is 2.34. The molecule has 1 aromatic heterocycles. The van der Waals surface area contributed by atoms with Gasteiger partial charge in [-0.3, -0.25) is 9.78 Å². The third-order valence-electron chi connectivity index (χ3n) is 2.22. The maximum atomic E-state index is 11.4. The second kappa shape index (κ2) is 6.40. The standard InChI is InChI=1S/C11H15ClN2O/c1-14(11(15)2-6-12)9-5-10-3-7-13-8-4-10/h3-4,7-8H,2,5-6,9H2,1H3.